The number of hydrogen-bond acceptors (Lipinski definition) is 7. The fourth-order valence-electron chi connectivity index (χ4n) is 2.48. The van der Waals surface area contributed by atoms with Crippen molar-refractivity contribution in [3.05, 3.63) is 39.1 Å². The molecule has 0 unspecified atom stereocenters. The number of rotatable bonds is 11. The fourth-order valence-corrected chi connectivity index (χ4v) is 3.63. The van der Waals surface area contributed by atoms with Crippen molar-refractivity contribution in [2.45, 2.75) is 64.8 Å². The molecular formula is C18H33N5O5Si. The van der Waals surface area contributed by atoms with E-state index < -0.39 is 29.9 Å². The van der Waals surface area contributed by atoms with Gasteiger partial charge in [0.1, 0.15) is 0 Å². The van der Waals surface area contributed by atoms with Gasteiger partial charge in [0.2, 0.25) is 0 Å². The van der Waals surface area contributed by atoms with Gasteiger partial charge >= 0.3 is 11.8 Å². The van der Waals surface area contributed by atoms with Crippen molar-refractivity contribution < 1.29 is 14.3 Å². The maximum atomic E-state index is 11.2. The average Bonchev–Trinajstić information content (AvgIpc) is 3.00. The molecule has 10 nitrogen and oxygen atoms in total. The average molecular weight is 428 g/mol. The van der Waals surface area contributed by atoms with Crippen LogP contribution < -0.4 is 0 Å². The first-order valence-corrected chi connectivity index (χ1v) is 12.4. The minimum absolute atomic E-state index is 0.0860. The molecule has 0 atom stereocenters. The third-order valence-corrected chi connectivity index (χ3v) is 9.98. The van der Waals surface area contributed by atoms with Gasteiger partial charge in [-0.05, 0) is 46.8 Å². The smallest absolute Gasteiger partial charge is 0.415 e. The molecule has 0 aliphatic rings. The highest BCUT2D eigenvalue weighted by molar-refractivity contribution is 6.74. The summed E-state index contributed by atoms with van der Waals surface area (Å²) in [6.07, 6.45) is 2.86. The molecule has 0 amide bonds. The molecule has 0 radical (unpaired) electrons. The second-order valence-electron chi connectivity index (χ2n) is 9.20. The zero-order valence-corrected chi connectivity index (χ0v) is 19.5. The first kappa shape index (κ1) is 24.9. The van der Waals surface area contributed by atoms with Crippen LogP contribution in [-0.2, 0) is 11.0 Å². The summed E-state index contributed by atoms with van der Waals surface area (Å²) in [7, 11) is -1.94. The van der Waals surface area contributed by atoms with Gasteiger partial charge in [-0.25, -0.2) is 4.57 Å². The van der Waals surface area contributed by atoms with E-state index in [1.807, 2.05) is 0 Å². The molecule has 0 bridgehead atoms. The fraction of sp³-hybridized carbons (Fsp3) is 0.722. The predicted molar refractivity (Wildman–Crippen MR) is 115 cm³/mol. The lowest BCUT2D eigenvalue weighted by atomic mass is 10.0. The Labute approximate surface area is 173 Å². The number of nitro groups is 2. The van der Waals surface area contributed by atoms with E-state index in [0.29, 0.717) is 19.7 Å². The second-order valence-corrected chi connectivity index (χ2v) is 14.0. The number of hydrogen-bond donors (Lipinski definition) is 0. The summed E-state index contributed by atoms with van der Waals surface area (Å²) in [5.74, 6) is -1.07. The Bertz CT molecular complexity index is 754. The predicted octanol–water partition coefficient (Wildman–Crippen LogP) is 3.99. The molecular weight excluding hydrogens is 394 g/mol. The Morgan fingerprint density at radius 3 is 2.28 bits per heavy atom. The highest BCUT2D eigenvalue weighted by atomic mass is 28.4. The third-order valence-electron chi connectivity index (χ3n) is 5.50. The summed E-state index contributed by atoms with van der Waals surface area (Å²) in [5, 5.41) is 22.2. The summed E-state index contributed by atoms with van der Waals surface area (Å²) in [6, 6.07) is 0. The molecule has 0 aromatic carbocycles. The lowest BCUT2D eigenvalue weighted by Crippen LogP contribution is -2.52. The maximum absolute atomic E-state index is 11.2. The maximum Gasteiger partial charge on any atom is 0.439 e. The molecule has 164 valence electrons. The lowest BCUT2D eigenvalue weighted by molar-refractivity contribution is -0.403. The van der Waals surface area contributed by atoms with Crippen LogP contribution in [0.25, 0.3) is 0 Å². The van der Waals surface area contributed by atoms with Crippen LogP contribution in [0.1, 0.15) is 34.6 Å². The van der Waals surface area contributed by atoms with Gasteiger partial charge in [0.15, 0.2) is 14.5 Å². The molecule has 0 aliphatic carbocycles. The minimum Gasteiger partial charge on any atom is -0.415 e. The monoisotopic (exact) mass is 427 g/mol. The Hall–Kier alpha value is -2.11. The molecule has 0 fully saturated rings. The van der Waals surface area contributed by atoms with Crippen LogP contribution in [0.2, 0.25) is 18.1 Å². The van der Waals surface area contributed by atoms with Crippen molar-refractivity contribution in [2.24, 2.45) is 0 Å². The largest absolute Gasteiger partial charge is 0.439 e. The Morgan fingerprint density at radius 1 is 1.24 bits per heavy atom. The molecule has 0 saturated heterocycles. The van der Waals surface area contributed by atoms with E-state index in [9.17, 15) is 20.2 Å². The molecule has 0 aliphatic heterocycles. The van der Waals surface area contributed by atoms with Crippen molar-refractivity contribution in [1.82, 2.24) is 14.5 Å². The van der Waals surface area contributed by atoms with E-state index in [0.717, 1.165) is 6.20 Å². The van der Waals surface area contributed by atoms with Crippen molar-refractivity contribution in [3.8, 4) is 0 Å². The van der Waals surface area contributed by atoms with Gasteiger partial charge in [-0.3, -0.25) is 4.90 Å². The van der Waals surface area contributed by atoms with Crippen molar-refractivity contribution >= 4 is 20.1 Å². The Kier molecular flexibility index (Phi) is 7.85. The zero-order chi connectivity index (χ0) is 22.6. The molecule has 11 heteroatoms. The quantitative estimate of drug-likeness (QED) is 0.227. The molecule has 1 aromatic heterocycles. The van der Waals surface area contributed by atoms with E-state index in [4.69, 9.17) is 4.43 Å². The normalized spacial score (nSPS) is 13.0. The Balaban J connectivity index is 2.97. The molecule has 0 saturated carbocycles. The molecule has 0 N–H and O–H groups in total. The van der Waals surface area contributed by atoms with Gasteiger partial charge in [-0.2, -0.15) is 0 Å². The zero-order valence-electron chi connectivity index (χ0n) is 18.5. The van der Waals surface area contributed by atoms with Crippen LogP contribution in [0.5, 0.6) is 0 Å². The van der Waals surface area contributed by atoms with Crippen molar-refractivity contribution in [1.29, 1.82) is 0 Å². The van der Waals surface area contributed by atoms with Crippen LogP contribution in [0, 0.1) is 20.2 Å². The van der Waals surface area contributed by atoms with E-state index >= 15 is 0 Å². The first-order chi connectivity index (χ1) is 13.1. The summed E-state index contributed by atoms with van der Waals surface area (Å²) in [4.78, 5) is 26.3. The van der Waals surface area contributed by atoms with Crippen LogP contribution in [0.4, 0.5) is 11.8 Å². The van der Waals surface area contributed by atoms with Crippen molar-refractivity contribution in [2.75, 3.05) is 19.7 Å². The molecule has 1 rings (SSSR count). The number of nitrogens with zero attached hydrogens (tertiary/aromatic N) is 5. The minimum atomic E-state index is -1.94. The van der Waals surface area contributed by atoms with E-state index in [2.05, 4.69) is 64.2 Å². The summed E-state index contributed by atoms with van der Waals surface area (Å²) in [6.45, 7) is 20.5. The standard InChI is InChI=1S/C18H33N5O5Si/c1-9-10-21(18(5,6)14-28-29(7,8)17(2,3)4)12-11-20-13-15(22(24)25)19-16(20)23(26)27/h9,13H,1,10-12,14H2,2-8H3. The van der Waals surface area contributed by atoms with Gasteiger partial charge in [0.25, 0.3) is 0 Å². The second kappa shape index (κ2) is 9.14. The topological polar surface area (TPSA) is 117 Å². The van der Waals surface area contributed by atoms with Crippen LogP contribution in [0.15, 0.2) is 18.9 Å². The Morgan fingerprint density at radius 2 is 1.83 bits per heavy atom. The van der Waals surface area contributed by atoms with Crippen LogP contribution in [0.3, 0.4) is 0 Å². The van der Waals surface area contributed by atoms with Gasteiger partial charge in [0.05, 0.1) is 13.2 Å². The van der Waals surface area contributed by atoms with E-state index in [1.165, 1.54) is 4.57 Å². The van der Waals surface area contributed by atoms with Crippen LogP contribution in [-0.4, -0.2) is 57.9 Å². The van der Waals surface area contributed by atoms with Gasteiger partial charge < -0.3 is 24.7 Å². The first-order valence-electron chi connectivity index (χ1n) is 9.48. The number of imidazole rings is 1. The van der Waals surface area contributed by atoms with Gasteiger partial charge in [0, 0.05) is 18.6 Å². The summed E-state index contributed by atoms with van der Waals surface area (Å²) >= 11 is 0. The van der Waals surface area contributed by atoms with Crippen molar-refractivity contribution in [3.63, 3.8) is 0 Å². The molecule has 1 heterocycles. The number of aromatic nitrogens is 2. The van der Waals surface area contributed by atoms with Crippen LogP contribution >= 0.6 is 0 Å². The lowest BCUT2D eigenvalue weighted by Gasteiger charge is -2.43. The molecule has 0 spiro atoms. The van der Waals surface area contributed by atoms with Gasteiger partial charge in [-0.15, -0.1) is 6.58 Å². The summed E-state index contributed by atoms with van der Waals surface area (Å²) < 4.78 is 7.59. The SMILES string of the molecule is C=CCN(CCn1cc([N+](=O)[O-])nc1[N+](=O)[O-])C(C)(C)CO[Si](C)(C)C(C)(C)C. The molecule has 1 aromatic rings. The van der Waals surface area contributed by atoms with E-state index in [-0.39, 0.29) is 17.1 Å². The third kappa shape index (κ3) is 6.44. The summed E-state index contributed by atoms with van der Waals surface area (Å²) in [5.41, 5.74) is -0.356. The molecule has 29 heavy (non-hydrogen) atoms. The van der Waals surface area contributed by atoms with Gasteiger partial charge in [-0.1, -0.05) is 26.8 Å². The van der Waals surface area contributed by atoms with E-state index in [1.54, 1.807) is 6.08 Å². The highest BCUT2D eigenvalue weighted by Gasteiger charge is 2.39. The highest BCUT2D eigenvalue weighted by Crippen LogP contribution is 2.37.